The second kappa shape index (κ2) is 9.94. The first-order valence-corrected chi connectivity index (χ1v) is 10.4. The number of non-ortho nitro benzene ring substituents is 1. The number of hydrogen-bond donors (Lipinski definition) is 1. The van der Waals surface area contributed by atoms with Gasteiger partial charge in [0, 0.05) is 30.9 Å². The van der Waals surface area contributed by atoms with E-state index in [0.29, 0.717) is 13.1 Å². The van der Waals surface area contributed by atoms with E-state index in [0.717, 1.165) is 0 Å². The van der Waals surface area contributed by atoms with Gasteiger partial charge in [-0.2, -0.15) is 4.31 Å². The van der Waals surface area contributed by atoms with E-state index in [4.69, 9.17) is 4.74 Å². The van der Waals surface area contributed by atoms with Crippen LogP contribution in [0.4, 0.5) is 11.4 Å². The summed E-state index contributed by atoms with van der Waals surface area (Å²) >= 11 is 0. The van der Waals surface area contributed by atoms with Crippen molar-refractivity contribution in [1.29, 1.82) is 0 Å². The number of benzene rings is 2. The Morgan fingerprint density at radius 3 is 2.30 bits per heavy atom. The number of sulfonamides is 1. The maximum atomic E-state index is 12.4. The van der Waals surface area contributed by atoms with E-state index in [1.807, 2.05) is 0 Å². The van der Waals surface area contributed by atoms with Crippen molar-refractivity contribution in [3.05, 3.63) is 64.2 Å². The standard InChI is InChI=1S/C19H21N3O7S/c1-3-21(4-2)30(27,28)17-10-8-14(9-11-17)19(24)29-13-18(23)20-15-6-5-7-16(12-15)22(25)26/h5-12H,3-4,13H2,1-2H3,(H,20,23). The van der Waals surface area contributed by atoms with Crippen LogP contribution in [0.1, 0.15) is 24.2 Å². The zero-order valence-corrected chi connectivity index (χ0v) is 17.2. The molecule has 0 radical (unpaired) electrons. The molecule has 30 heavy (non-hydrogen) atoms. The first-order chi connectivity index (χ1) is 14.2. The lowest BCUT2D eigenvalue weighted by molar-refractivity contribution is -0.384. The summed E-state index contributed by atoms with van der Waals surface area (Å²) in [6.45, 7) is 3.49. The predicted molar refractivity (Wildman–Crippen MR) is 109 cm³/mol. The molecule has 2 aromatic rings. The first kappa shape index (κ1) is 23.0. The zero-order chi connectivity index (χ0) is 22.3. The van der Waals surface area contributed by atoms with E-state index < -0.39 is 33.4 Å². The van der Waals surface area contributed by atoms with Gasteiger partial charge in [0.25, 0.3) is 11.6 Å². The van der Waals surface area contributed by atoms with Gasteiger partial charge >= 0.3 is 5.97 Å². The van der Waals surface area contributed by atoms with Gasteiger partial charge in [0.1, 0.15) is 0 Å². The topological polar surface area (TPSA) is 136 Å². The third-order valence-electron chi connectivity index (χ3n) is 4.11. The monoisotopic (exact) mass is 435 g/mol. The van der Waals surface area contributed by atoms with E-state index in [1.54, 1.807) is 13.8 Å². The Hall–Kier alpha value is -3.31. The highest BCUT2D eigenvalue weighted by Crippen LogP contribution is 2.18. The average molecular weight is 435 g/mol. The molecular weight excluding hydrogens is 414 g/mol. The second-order valence-electron chi connectivity index (χ2n) is 6.05. The molecule has 0 unspecified atom stereocenters. The van der Waals surface area contributed by atoms with Gasteiger partial charge in [-0.15, -0.1) is 0 Å². The summed E-state index contributed by atoms with van der Waals surface area (Å²) in [7, 11) is -3.64. The number of nitro benzene ring substituents is 1. The molecule has 0 aliphatic rings. The number of nitro groups is 1. The summed E-state index contributed by atoms with van der Waals surface area (Å²) in [4.78, 5) is 34.2. The predicted octanol–water partition coefficient (Wildman–Crippen LogP) is 2.42. The molecule has 10 nitrogen and oxygen atoms in total. The van der Waals surface area contributed by atoms with Gasteiger partial charge in [-0.25, -0.2) is 13.2 Å². The lowest BCUT2D eigenvalue weighted by Crippen LogP contribution is -2.30. The van der Waals surface area contributed by atoms with E-state index >= 15 is 0 Å². The van der Waals surface area contributed by atoms with E-state index in [9.17, 15) is 28.1 Å². The lowest BCUT2D eigenvalue weighted by atomic mass is 10.2. The number of amides is 1. The van der Waals surface area contributed by atoms with Crippen molar-refractivity contribution in [3.8, 4) is 0 Å². The third kappa shape index (κ3) is 5.61. The molecule has 0 fully saturated rings. The number of carbonyl (C=O) groups is 2. The molecule has 0 bridgehead atoms. The molecule has 0 heterocycles. The summed E-state index contributed by atoms with van der Waals surface area (Å²) in [5.41, 5.74) is 0.0809. The molecule has 2 aromatic carbocycles. The summed E-state index contributed by atoms with van der Waals surface area (Å²) in [6, 6.07) is 10.5. The van der Waals surface area contributed by atoms with Crippen LogP contribution in [0.15, 0.2) is 53.4 Å². The van der Waals surface area contributed by atoms with Gasteiger partial charge in [0.15, 0.2) is 6.61 Å². The molecular formula is C19H21N3O7S. The highest BCUT2D eigenvalue weighted by Gasteiger charge is 2.22. The maximum absolute atomic E-state index is 12.4. The van der Waals surface area contributed by atoms with Crippen LogP contribution in [0.25, 0.3) is 0 Å². The summed E-state index contributed by atoms with van der Waals surface area (Å²) < 4.78 is 31.1. The number of nitrogens with zero attached hydrogens (tertiary/aromatic N) is 2. The van der Waals surface area contributed by atoms with Crippen molar-refractivity contribution in [2.45, 2.75) is 18.7 Å². The van der Waals surface area contributed by atoms with Gasteiger partial charge < -0.3 is 10.1 Å². The van der Waals surface area contributed by atoms with Crippen molar-refractivity contribution < 1.29 is 27.7 Å². The Labute approximate surface area is 173 Å². The summed E-state index contributed by atoms with van der Waals surface area (Å²) in [6.07, 6.45) is 0. The lowest BCUT2D eigenvalue weighted by Gasteiger charge is -2.18. The fourth-order valence-corrected chi connectivity index (χ4v) is 4.04. The number of hydrogen-bond acceptors (Lipinski definition) is 7. The molecule has 160 valence electrons. The number of esters is 1. The van der Waals surface area contributed by atoms with Crippen LogP contribution in [0.5, 0.6) is 0 Å². The smallest absolute Gasteiger partial charge is 0.338 e. The molecule has 0 saturated heterocycles. The Morgan fingerprint density at radius 1 is 1.10 bits per heavy atom. The SMILES string of the molecule is CCN(CC)S(=O)(=O)c1ccc(C(=O)OCC(=O)Nc2cccc([N+](=O)[O-])c2)cc1. The fraction of sp³-hybridized carbons (Fsp3) is 0.263. The van der Waals surface area contributed by atoms with Crippen LogP contribution in [0.3, 0.4) is 0 Å². The molecule has 0 saturated carbocycles. The molecule has 2 rings (SSSR count). The molecule has 0 aromatic heterocycles. The largest absolute Gasteiger partial charge is 0.452 e. The molecule has 0 atom stereocenters. The average Bonchev–Trinajstić information content (AvgIpc) is 2.73. The van der Waals surface area contributed by atoms with E-state index in [1.165, 1.54) is 52.8 Å². The maximum Gasteiger partial charge on any atom is 0.338 e. The normalized spacial score (nSPS) is 11.2. The van der Waals surface area contributed by atoms with Crippen molar-refractivity contribution in [1.82, 2.24) is 4.31 Å². The van der Waals surface area contributed by atoms with Crippen LogP contribution < -0.4 is 5.32 Å². The minimum atomic E-state index is -3.64. The number of anilines is 1. The molecule has 0 spiro atoms. The van der Waals surface area contributed by atoms with Crippen LogP contribution in [-0.2, 0) is 19.6 Å². The van der Waals surface area contributed by atoms with Crippen molar-refractivity contribution in [2.75, 3.05) is 25.0 Å². The van der Waals surface area contributed by atoms with Crippen molar-refractivity contribution >= 4 is 33.3 Å². The van der Waals surface area contributed by atoms with Crippen LogP contribution >= 0.6 is 0 Å². The van der Waals surface area contributed by atoms with Gasteiger partial charge in [0.05, 0.1) is 15.4 Å². The highest BCUT2D eigenvalue weighted by atomic mass is 32.2. The molecule has 1 amide bonds. The Morgan fingerprint density at radius 2 is 1.73 bits per heavy atom. The second-order valence-corrected chi connectivity index (χ2v) is 7.98. The number of ether oxygens (including phenoxy) is 1. The van der Waals surface area contributed by atoms with Crippen LogP contribution in [-0.4, -0.2) is 49.2 Å². The van der Waals surface area contributed by atoms with E-state index in [-0.39, 0.29) is 21.8 Å². The van der Waals surface area contributed by atoms with Crippen LogP contribution in [0.2, 0.25) is 0 Å². The number of rotatable bonds is 9. The zero-order valence-electron chi connectivity index (χ0n) is 16.4. The molecule has 11 heteroatoms. The quantitative estimate of drug-likeness (QED) is 0.363. The van der Waals surface area contributed by atoms with Gasteiger partial charge in [-0.3, -0.25) is 14.9 Å². The van der Waals surface area contributed by atoms with Gasteiger partial charge in [-0.05, 0) is 30.3 Å². The van der Waals surface area contributed by atoms with E-state index in [2.05, 4.69) is 5.32 Å². The minimum Gasteiger partial charge on any atom is -0.452 e. The van der Waals surface area contributed by atoms with Gasteiger partial charge in [-0.1, -0.05) is 19.9 Å². The third-order valence-corrected chi connectivity index (χ3v) is 6.17. The number of carbonyl (C=O) groups excluding carboxylic acids is 2. The molecule has 0 aliphatic carbocycles. The van der Waals surface area contributed by atoms with Crippen molar-refractivity contribution in [3.63, 3.8) is 0 Å². The van der Waals surface area contributed by atoms with Crippen molar-refractivity contribution in [2.24, 2.45) is 0 Å². The summed E-state index contributed by atoms with van der Waals surface area (Å²) in [5, 5.41) is 13.1. The fourth-order valence-electron chi connectivity index (χ4n) is 2.58. The molecule has 0 aliphatic heterocycles. The first-order valence-electron chi connectivity index (χ1n) is 9.00. The molecule has 1 N–H and O–H groups in total. The Kier molecular flexibility index (Phi) is 7.61. The Balaban J connectivity index is 1.97. The summed E-state index contributed by atoms with van der Waals surface area (Å²) in [5.74, 6) is -1.49. The highest BCUT2D eigenvalue weighted by molar-refractivity contribution is 7.89. The minimum absolute atomic E-state index is 0.0474. The van der Waals surface area contributed by atoms with Crippen LogP contribution in [0, 0.1) is 10.1 Å². The number of nitrogens with one attached hydrogen (secondary N) is 1. The van der Waals surface area contributed by atoms with Gasteiger partial charge in [0.2, 0.25) is 10.0 Å². The Bertz CT molecular complexity index is 1030.